The summed E-state index contributed by atoms with van der Waals surface area (Å²) in [5.41, 5.74) is 1.52. The summed E-state index contributed by atoms with van der Waals surface area (Å²) in [5, 5.41) is 13.3. The van der Waals surface area contributed by atoms with E-state index in [1.54, 1.807) is 23.0 Å². The summed E-state index contributed by atoms with van der Waals surface area (Å²) in [6.45, 7) is 1.44. The van der Waals surface area contributed by atoms with Crippen LogP contribution in [0.2, 0.25) is 0 Å². The van der Waals surface area contributed by atoms with Crippen LogP contribution in [-0.2, 0) is 16.1 Å². The third kappa shape index (κ3) is 4.45. The highest BCUT2D eigenvalue weighted by atomic mass is 16.5. The summed E-state index contributed by atoms with van der Waals surface area (Å²) >= 11 is 0. The number of amides is 1. The molecule has 0 unspecified atom stereocenters. The number of rotatable bonds is 6. The van der Waals surface area contributed by atoms with Crippen LogP contribution in [0, 0.1) is 0 Å². The fraction of sp³-hybridized carbons (Fsp3) is 0.389. The first-order chi connectivity index (χ1) is 12.1. The van der Waals surface area contributed by atoms with E-state index < -0.39 is 5.97 Å². The average Bonchev–Trinajstić information content (AvgIpc) is 3.13. The SMILES string of the molecule is O=C(O)CN(C(=O)c1ccc(Cn2cccn2)cc1)C1CCOCC1. The lowest BCUT2D eigenvalue weighted by Gasteiger charge is -2.33. The number of benzene rings is 1. The summed E-state index contributed by atoms with van der Waals surface area (Å²) < 4.78 is 7.11. The first kappa shape index (κ1) is 17.2. The minimum absolute atomic E-state index is 0.0962. The van der Waals surface area contributed by atoms with Gasteiger partial charge in [0.05, 0.1) is 6.54 Å². The molecule has 0 saturated carbocycles. The summed E-state index contributed by atoms with van der Waals surface area (Å²) in [4.78, 5) is 25.4. The molecule has 1 amide bonds. The van der Waals surface area contributed by atoms with Gasteiger partial charge >= 0.3 is 5.97 Å². The third-order valence-electron chi connectivity index (χ3n) is 4.30. The number of carboxylic acids is 1. The van der Waals surface area contributed by atoms with Crippen molar-refractivity contribution >= 4 is 11.9 Å². The predicted octanol–water partition coefficient (Wildman–Crippen LogP) is 1.64. The Kier molecular flexibility index (Phi) is 5.45. The molecule has 1 N–H and O–H groups in total. The van der Waals surface area contributed by atoms with Crippen molar-refractivity contribution in [2.24, 2.45) is 0 Å². The molecule has 7 nitrogen and oxygen atoms in total. The molecule has 1 fully saturated rings. The van der Waals surface area contributed by atoms with Gasteiger partial charge in [0, 0.05) is 37.2 Å². The zero-order chi connectivity index (χ0) is 17.6. The molecule has 1 aromatic heterocycles. The number of carbonyl (C=O) groups is 2. The lowest BCUT2D eigenvalue weighted by Crippen LogP contribution is -2.46. The lowest BCUT2D eigenvalue weighted by molar-refractivity contribution is -0.138. The van der Waals surface area contributed by atoms with Crippen molar-refractivity contribution in [2.75, 3.05) is 19.8 Å². The Bertz CT molecular complexity index is 706. The van der Waals surface area contributed by atoms with Crippen LogP contribution in [-0.4, -0.2) is 57.5 Å². The van der Waals surface area contributed by atoms with Crippen molar-refractivity contribution in [3.8, 4) is 0 Å². The number of aliphatic carboxylic acids is 1. The summed E-state index contributed by atoms with van der Waals surface area (Å²) in [6, 6.07) is 9.00. The Morgan fingerprint density at radius 1 is 1.24 bits per heavy atom. The van der Waals surface area contributed by atoms with Crippen LogP contribution in [0.5, 0.6) is 0 Å². The highest BCUT2D eigenvalue weighted by molar-refractivity contribution is 5.96. The van der Waals surface area contributed by atoms with Gasteiger partial charge in [0.1, 0.15) is 6.54 Å². The molecule has 0 aliphatic carbocycles. The lowest BCUT2D eigenvalue weighted by atomic mass is 10.0. The zero-order valence-electron chi connectivity index (χ0n) is 13.9. The third-order valence-corrected chi connectivity index (χ3v) is 4.30. The van der Waals surface area contributed by atoms with Crippen LogP contribution < -0.4 is 0 Å². The predicted molar refractivity (Wildman–Crippen MR) is 90.3 cm³/mol. The van der Waals surface area contributed by atoms with Gasteiger partial charge in [0.2, 0.25) is 0 Å². The van der Waals surface area contributed by atoms with Gasteiger partial charge in [-0.3, -0.25) is 14.3 Å². The molecular formula is C18H21N3O4. The monoisotopic (exact) mass is 343 g/mol. The van der Waals surface area contributed by atoms with Crippen LogP contribution in [0.25, 0.3) is 0 Å². The van der Waals surface area contributed by atoms with Crippen molar-refractivity contribution in [3.05, 3.63) is 53.9 Å². The Hall–Kier alpha value is -2.67. The molecule has 2 aromatic rings. The van der Waals surface area contributed by atoms with Gasteiger partial charge in [-0.25, -0.2) is 0 Å². The topological polar surface area (TPSA) is 84.7 Å². The van der Waals surface area contributed by atoms with E-state index in [1.807, 2.05) is 24.4 Å². The average molecular weight is 343 g/mol. The molecule has 0 atom stereocenters. The number of hydrogen-bond acceptors (Lipinski definition) is 4. The van der Waals surface area contributed by atoms with Crippen molar-refractivity contribution < 1.29 is 19.4 Å². The van der Waals surface area contributed by atoms with Crippen molar-refractivity contribution in [3.63, 3.8) is 0 Å². The summed E-state index contributed by atoms with van der Waals surface area (Å²) in [5.74, 6) is -1.25. The standard InChI is InChI=1S/C18H21N3O4/c22-17(23)13-21(16-6-10-25-11-7-16)18(24)15-4-2-14(3-5-15)12-20-9-1-8-19-20/h1-5,8-9,16H,6-7,10-13H2,(H,22,23). The van der Waals surface area contributed by atoms with Crippen molar-refractivity contribution in [1.82, 2.24) is 14.7 Å². The highest BCUT2D eigenvalue weighted by Crippen LogP contribution is 2.18. The number of carbonyl (C=O) groups excluding carboxylic acids is 1. The van der Waals surface area contributed by atoms with E-state index >= 15 is 0 Å². The number of carboxylic acid groups (broad SMARTS) is 1. The molecule has 2 heterocycles. The normalized spacial score (nSPS) is 15.0. The van der Waals surface area contributed by atoms with Gasteiger partial charge in [-0.2, -0.15) is 5.10 Å². The fourth-order valence-corrected chi connectivity index (χ4v) is 3.01. The second kappa shape index (κ2) is 7.94. The van der Waals surface area contributed by atoms with Gasteiger partial charge in [-0.05, 0) is 36.6 Å². The number of aromatic nitrogens is 2. The molecule has 1 aromatic carbocycles. The maximum Gasteiger partial charge on any atom is 0.323 e. The van der Waals surface area contributed by atoms with Crippen LogP contribution >= 0.6 is 0 Å². The maximum absolute atomic E-state index is 12.8. The number of hydrogen-bond donors (Lipinski definition) is 1. The van der Waals surface area contributed by atoms with Gasteiger partial charge in [-0.1, -0.05) is 12.1 Å². The molecule has 0 bridgehead atoms. The van der Waals surface area contributed by atoms with E-state index in [0.29, 0.717) is 38.2 Å². The minimum atomic E-state index is -1.00. The van der Waals surface area contributed by atoms with E-state index in [-0.39, 0.29) is 18.5 Å². The van der Waals surface area contributed by atoms with Gasteiger partial charge < -0.3 is 14.7 Å². The first-order valence-corrected chi connectivity index (χ1v) is 8.30. The minimum Gasteiger partial charge on any atom is -0.480 e. The fourth-order valence-electron chi connectivity index (χ4n) is 3.01. The van der Waals surface area contributed by atoms with Crippen LogP contribution in [0.4, 0.5) is 0 Å². The molecule has 1 saturated heterocycles. The molecule has 132 valence electrons. The van der Waals surface area contributed by atoms with Gasteiger partial charge in [-0.15, -0.1) is 0 Å². The van der Waals surface area contributed by atoms with Crippen LogP contribution in [0.1, 0.15) is 28.8 Å². The van der Waals surface area contributed by atoms with Crippen LogP contribution in [0.15, 0.2) is 42.7 Å². The van der Waals surface area contributed by atoms with Crippen molar-refractivity contribution in [1.29, 1.82) is 0 Å². The molecule has 25 heavy (non-hydrogen) atoms. The van der Waals surface area contributed by atoms with E-state index in [9.17, 15) is 9.59 Å². The molecule has 0 spiro atoms. The molecule has 0 radical (unpaired) electrons. The summed E-state index contributed by atoms with van der Waals surface area (Å²) in [7, 11) is 0. The Morgan fingerprint density at radius 2 is 1.96 bits per heavy atom. The quantitative estimate of drug-likeness (QED) is 0.862. The van der Waals surface area contributed by atoms with Gasteiger partial charge in [0.25, 0.3) is 5.91 Å². The first-order valence-electron chi connectivity index (χ1n) is 8.30. The highest BCUT2D eigenvalue weighted by Gasteiger charge is 2.28. The largest absolute Gasteiger partial charge is 0.480 e. The molecule has 3 rings (SSSR count). The molecular weight excluding hydrogens is 322 g/mol. The van der Waals surface area contributed by atoms with Gasteiger partial charge in [0.15, 0.2) is 0 Å². The second-order valence-electron chi connectivity index (χ2n) is 6.07. The van der Waals surface area contributed by atoms with E-state index in [0.717, 1.165) is 5.56 Å². The molecule has 1 aliphatic rings. The van der Waals surface area contributed by atoms with Crippen molar-refractivity contribution in [2.45, 2.75) is 25.4 Å². The second-order valence-corrected chi connectivity index (χ2v) is 6.07. The zero-order valence-corrected chi connectivity index (χ0v) is 13.9. The molecule has 7 heteroatoms. The number of nitrogens with zero attached hydrogens (tertiary/aromatic N) is 3. The van der Waals surface area contributed by atoms with Crippen LogP contribution in [0.3, 0.4) is 0 Å². The van der Waals surface area contributed by atoms with E-state index in [4.69, 9.17) is 9.84 Å². The maximum atomic E-state index is 12.8. The molecule has 1 aliphatic heterocycles. The van der Waals surface area contributed by atoms with E-state index in [1.165, 1.54) is 4.90 Å². The summed E-state index contributed by atoms with van der Waals surface area (Å²) in [6.07, 6.45) is 4.92. The van der Waals surface area contributed by atoms with E-state index in [2.05, 4.69) is 5.10 Å². The number of ether oxygens (including phenoxy) is 1. The smallest absolute Gasteiger partial charge is 0.323 e. The Morgan fingerprint density at radius 3 is 2.56 bits per heavy atom. The Balaban J connectivity index is 1.73. The Labute approximate surface area is 145 Å².